The summed E-state index contributed by atoms with van der Waals surface area (Å²) >= 11 is 0. The van der Waals surface area contributed by atoms with E-state index in [0.717, 1.165) is 50.4 Å². The van der Waals surface area contributed by atoms with E-state index >= 15 is 0 Å². The van der Waals surface area contributed by atoms with E-state index in [1.54, 1.807) is 14.2 Å². The Hall–Kier alpha value is -2.53. The summed E-state index contributed by atoms with van der Waals surface area (Å²) in [6, 6.07) is 12.7. The lowest BCUT2D eigenvalue weighted by Gasteiger charge is -2.29. The fraction of sp³-hybridized carbons (Fsp3) is 0.458. The Morgan fingerprint density at radius 1 is 1.03 bits per heavy atom. The molecule has 0 fully saturated rings. The third-order valence-electron chi connectivity index (χ3n) is 5.62. The summed E-state index contributed by atoms with van der Waals surface area (Å²) < 4.78 is 10.8. The highest BCUT2D eigenvalue weighted by atomic mass is 16.5. The van der Waals surface area contributed by atoms with Crippen molar-refractivity contribution in [1.82, 2.24) is 10.2 Å². The molecule has 0 aromatic heterocycles. The highest BCUT2D eigenvalue weighted by Crippen LogP contribution is 2.33. The Balaban J connectivity index is 1.42. The van der Waals surface area contributed by atoms with Gasteiger partial charge in [-0.1, -0.05) is 31.2 Å². The topological polar surface area (TPSA) is 50.8 Å². The number of fused-ring (bicyclic) bond motifs is 1. The second-order valence-electron chi connectivity index (χ2n) is 7.52. The Morgan fingerprint density at radius 3 is 2.34 bits per heavy atom. The van der Waals surface area contributed by atoms with Crippen molar-refractivity contribution in [2.24, 2.45) is 0 Å². The smallest absolute Gasteiger partial charge is 0.220 e. The zero-order valence-corrected chi connectivity index (χ0v) is 17.8. The number of benzene rings is 2. The van der Waals surface area contributed by atoms with Gasteiger partial charge in [0.05, 0.1) is 14.2 Å². The van der Waals surface area contributed by atoms with Crippen LogP contribution in [0.2, 0.25) is 0 Å². The number of amides is 1. The van der Waals surface area contributed by atoms with Gasteiger partial charge in [-0.15, -0.1) is 0 Å². The van der Waals surface area contributed by atoms with Crippen LogP contribution >= 0.6 is 0 Å². The summed E-state index contributed by atoms with van der Waals surface area (Å²) in [4.78, 5) is 14.5. The normalized spacial score (nSPS) is 13.6. The van der Waals surface area contributed by atoms with Crippen molar-refractivity contribution < 1.29 is 14.3 Å². The van der Waals surface area contributed by atoms with E-state index in [0.29, 0.717) is 13.0 Å². The van der Waals surface area contributed by atoms with Crippen molar-refractivity contribution in [2.75, 3.05) is 33.9 Å². The zero-order chi connectivity index (χ0) is 20.6. The molecule has 0 atom stereocenters. The molecule has 0 unspecified atom stereocenters. The largest absolute Gasteiger partial charge is 0.493 e. The van der Waals surface area contributed by atoms with Gasteiger partial charge in [0.1, 0.15) is 0 Å². The first-order chi connectivity index (χ1) is 14.1. The number of nitrogens with one attached hydrogen (secondary N) is 1. The molecule has 29 heavy (non-hydrogen) atoms. The number of carbonyl (C=O) groups excluding carboxylic acids is 1. The van der Waals surface area contributed by atoms with Crippen LogP contribution in [0, 0.1) is 0 Å². The number of ether oxygens (including phenoxy) is 2. The molecule has 1 aliphatic rings. The number of hydrogen-bond donors (Lipinski definition) is 1. The average molecular weight is 397 g/mol. The Kier molecular flexibility index (Phi) is 7.53. The molecule has 0 spiro atoms. The van der Waals surface area contributed by atoms with Crippen molar-refractivity contribution in [3.05, 3.63) is 58.7 Å². The van der Waals surface area contributed by atoms with Crippen LogP contribution in [-0.2, 0) is 30.6 Å². The van der Waals surface area contributed by atoms with E-state index in [4.69, 9.17) is 9.47 Å². The van der Waals surface area contributed by atoms with E-state index < -0.39 is 0 Å². The first-order valence-corrected chi connectivity index (χ1v) is 10.4. The second kappa shape index (κ2) is 10.3. The Morgan fingerprint density at radius 2 is 1.69 bits per heavy atom. The van der Waals surface area contributed by atoms with Crippen LogP contribution in [0.25, 0.3) is 0 Å². The van der Waals surface area contributed by atoms with Gasteiger partial charge in [-0.3, -0.25) is 9.69 Å². The minimum absolute atomic E-state index is 0.119. The molecule has 0 saturated heterocycles. The predicted molar refractivity (Wildman–Crippen MR) is 116 cm³/mol. The average Bonchev–Trinajstić information content (AvgIpc) is 2.77. The first-order valence-electron chi connectivity index (χ1n) is 10.4. The fourth-order valence-corrected chi connectivity index (χ4v) is 3.77. The van der Waals surface area contributed by atoms with Crippen LogP contribution in [0.4, 0.5) is 0 Å². The minimum atomic E-state index is 0.119. The van der Waals surface area contributed by atoms with Crippen LogP contribution in [0.5, 0.6) is 11.5 Å². The van der Waals surface area contributed by atoms with Gasteiger partial charge >= 0.3 is 0 Å². The Bertz CT molecular complexity index is 818. The van der Waals surface area contributed by atoms with Crippen molar-refractivity contribution in [3.8, 4) is 11.5 Å². The van der Waals surface area contributed by atoms with Crippen LogP contribution in [0.1, 0.15) is 35.6 Å². The molecule has 0 radical (unpaired) electrons. The molecule has 2 aromatic rings. The van der Waals surface area contributed by atoms with Crippen LogP contribution < -0.4 is 14.8 Å². The summed E-state index contributed by atoms with van der Waals surface area (Å²) in [5.41, 5.74) is 5.14. The molecule has 0 aliphatic carbocycles. The van der Waals surface area contributed by atoms with Gasteiger partial charge in [0.25, 0.3) is 0 Å². The lowest BCUT2D eigenvalue weighted by atomic mass is 9.99. The SMILES string of the molecule is CCc1ccc(CCC(=O)NCCN2CCc3cc(OC)c(OC)cc3C2)cc1. The van der Waals surface area contributed by atoms with Crippen LogP contribution in [-0.4, -0.2) is 44.7 Å². The first kappa shape index (κ1) is 21.2. The molecule has 3 rings (SSSR count). The number of hydrogen-bond acceptors (Lipinski definition) is 4. The van der Waals surface area contributed by atoms with Crippen LogP contribution in [0.15, 0.2) is 36.4 Å². The molecule has 5 heteroatoms. The molecular weight excluding hydrogens is 364 g/mol. The highest BCUT2D eigenvalue weighted by Gasteiger charge is 2.19. The van der Waals surface area contributed by atoms with Gasteiger partial charge in [0.2, 0.25) is 5.91 Å². The van der Waals surface area contributed by atoms with Crippen molar-refractivity contribution in [2.45, 2.75) is 39.2 Å². The fourth-order valence-electron chi connectivity index (χ4n) is 3.77. The van der Waals surface area contributed by atoms with Crippen LogP contribution in [0.3, 0.4) is 0 Å². The number of rotatable bonds is 9. The van der Waals surface area contributed by atoms with Gasteiger partial charge < -0.3 is 14.8 Å². The Labute approximate surface area is 174 Å². The molecule has 0 saturated carbocycles. The highest BCUT2D eigenvalue weighted by molar-refractivity contribution is 5.76. The quantitative estimate of drug-likeness (QED) is 0.706. The number of methoxy groups -OCH3 is 2. The summed E-state index contributed by atoms with van der Waals surface area (Å²) in [5.74, 6) is 1.68. The van der Waals surface area contributed by atoms with Gasteiger partial charge in [0, 0.05) is 32.6 Å². The summed E-state index contributed by atoms with van der Waals surface area (Å²) in [6.07, 6.45) is 3.35. The molecule has 1 aliphatic heterocycles. The van der Waals surface area contributed by atoms with E-state index in [2.05, 4.69) is 53.5 Å². The molecule has 1 amide bonds. The minimum Gasteiger partial charge on any atom is -0.493 e. The number of nitrogens with zero attached hydrogens (tertiary/aromatic N) is 1. The molecular formula is C24H32N2O3. The number of carbonyl (C=O) groups is 1. The summed E-state index contributed by atoms with van der Waals surface area (Å²) in [6.45, 7) is 5.54. The third kappa shape index (κ3) is 5.73. The van der Waals surface area contributed by atoms with Crippen molar-refractivity contribution >= 4 is 5.91 Å². The number of aryl methyl sites for hydroxylation is 2. The maximum absolute atomic E-state index is 12.2. The van der Waals surface area contributed by atoms with E-state index in [1.807, 2.05) is 0 Å². The predicted octanol–water partition coefficient (Wildman–Crippen LogP) is 3.37. The third-order valence-corrected chi connectivity index (χ3v) is 5.62. The maximum atomic E-state index is 12.2. The lowest BCUT2D eigenvalue weighted by molar-refractivity contribution is -0.121. The summed E-state index contributed by atoms with van der Waals surface area (Å²) in [7, 11) is 3.33. The molecule has 156 valence electrons. The van der Waals surface area contributed by atoms with Gasteiger partial charge in [-0.25, -0.2) is 0 Å². The van der Waals surface area contributed by atoms with Crippen molar-refractivity contribution in [3.63, 3.8) is 0 Å². The van der Waals surface area contributed by atoms with E-state index in [9.17, 15) is 4.79 Å². The molecule has 5 nitrogen and oxygen atoms in total. The van der Waals surface area contributed by atoms with Gasteiger partial charge in [0.15, 0.2) is 11.5 Å². The maximum Gasteiger partial charge on any atom is 0.220 e. The second-order valence-corrected chi connectivity index (χ2v) is 7.52. The van der Waals surface area contributed by atoms with Gasteiger partial charge in [-0.2, -0.15) is 0 Å². The van der Waals surface area contributed by atoms with E-state index in [-0.39, 0.29) is 5.91 Å². The zero-order valence-electron chi connectivity index (χ0n) is 17.8. The van der Waals surface area contributed by atoms with Crippen molar-refractivity contribution in [1.29, 1.82) is 0 Å². The molecule has 2 aromatic carbocycles. The van der Waals surface area contributed by atoms with Gasteiger partial charge in [-0.05, 0) is 53.6 Å². The molecule has 0 bridgehead atoms. The lowest BCUT2D eigenvalue weighted by Crippen LogP contribution is -2.37. The molecule has 1 N–H and O–H groups in total. The standard InChI is InChI=1S/C24H32N2O3/c1-4-18-5-7-19(8-6-18)9-10-24(27)25-12-14-26-13-11-20-15-22(28-2)23(29-3)16-21(20)17-26/h5-8,15-16H,4,9-14,17H2,1-3H3,(H,25,27). The van der Waals surface area contributed by atoms with E-state index in [1.165, 1.54) is 22.3 Å². The molecule has 1 heterocycles. The monoisotopic (exact) mass is 396 g/mol. The summed E-state index contributed by atoms with van der Waals surface area (Å²) in [5, 5.41) is 3.06.